The molecule has 1 unspecified atom stereocenters. The number of carbonyl (C=O) groups is 1. The van der Waals surface area contributed by atoms with Crippen LogP contribution in [-0.2, 0) is 21.2 Å². The van der Waals surface area contributed by atoms with Crippen molar-refractivity contribution in [2.75, 3.05) is 49.5 Å². The van der Waals surface area contributed by atoms with Crippen LogP contribution in [0.25, 0.3) is 0 Å². The quantitative estimate of drug-likeness (QED) is 0.711. The number of anilines is 1. The van der Waals surface area contributed by atoms with Gasteiger partial charge < -0.3 is 5.32 Å². The highest BCUT2D eigenvalue weighted by Gasteiger charge is 2.31. The molecule has 4 rings (SSSR count). The van der Waals surface area contributed by atoms with Crippen LogP contribution in [0.15, 0.2) is 30.3 Å². The van der Waals surface area contributed by atoms with E-state index in [1.54, 1.807) is 4.68 Å². The molecule has 1 aromatic heterocycles. The Morgan fingerprint density at radius 3 is 2.62 bits per heavy atom. The van der Waals surface area contributed by atoms with Gasteiger partial charge in [0.2, 0.25) is 5.91 Å². The first-order valence-corrected chi connectivity index (χ1v) is 13.2. The average Bonchev–Trinajstić information content (AvgIpc) is 3.19. The molecule has 1 aromatic carbocycles. The molecule has 0 bridgehead atoms. The molecule has 2 aliphatic rings. The predicted octanol–water partition coefficient (Wildman–Crippen LogP) is 2.01. The van der Waals surface area contributed by atoms with E-state index in [4.69, 9.17) is 0 Å². The number of hydrogen-bond acceptors (Lipinski definition) is 6. The maximum absolute atomic E-state index is 12.8. The summed E-state index contributed by atoms with van der Waals surface area (Å²) in [6.07, 6.45) is 1.56. The number of amides is 1. The SMILES string of the molecule is Cc1cc(NC(=O)CN2CCCN(Cc3ccccc3C)CC2)n(C2CCS(=O)(=O)C2)n1. The Hall–Kier alpha value is -2.23. The predicted molar refractivity (Wildman–Crippen MR) is 125 cm³/mol. The maximum atomic E-state index is 12.8. The molecule has 0 saturated carbocycles. The number of hydrogen-bond donors (Lipinski definition) is 1. The van der Waals surface area contributed by atoms with Gasteiger partial charge in [0.1, 0.15) is 5.82 Å². The van der Waals surface area contributed by atoms with Gasteiger partial charge in [-0.25, -0.2) is 13.1 Å². The van der Waals surface area contributed by atoms with Crippen LogP contribution in [0.3, 0.4) is 0 Å². The van der Waals surface area contributed by atoms with Crippen molar-refractivity contribution in [3.05, 3.63) is 47.2 Å². The zero-order valence-electron chi connectivity index (χ0n) is 19.0. The van der Waals surface area contributed by atoms with E-state index < -0.39 is 9.84 Å². The summed E-state index contributed by atoms with van der Waals surface area (Å²) in [6.45, 7) is 8.95. The molecular formula is C23H33N5O3S. The van der Waals surface area contributed by atoms with Crippen LogP contribution in [0.4, 0.5) is 5.82 Å². The van der Waals surface area contributed by atoms with E-state index in [2.05, 4.69) is 51.4 Å². The number of rotatable bonds is 6. The van der Waals surface area contributed by atoms with Gasteiger partial charge in [-0.2, -0.15) is 5.10 Å². The summed E-state index contributed by atoms with van der Waals surface area (Å²) in [5.74, 6) is 0.765. The van der Waals surface area contributed by atoms with E-state index in [9.17, 15) is 13.2 Å². The summed E-state index contributed by atoms with van der Waals surface area (Å²) >= 11 is 0. The first kappa shape index (κ1) is 22.9. The highest BCUT2D eigenvalue weighted by Crippen LogP contribution is 2.27. The van der Waals surface area contributed by atoms with E-state index in [1.807, 2.05) is 13.0 Å². The van der Waals surface area contributed by atoms with Crippen molar-refractivity contribution in [1.29, 1.82) is 0 Å². The number of sulfone groups is 1. The molecule has 0 spiro atoms. The van der Waals surface area contributed by atoms with Gasteiger partial charge in [-0.1, -0.05) is 24.3 Å². The molecular weight excluding hydrogens is 426 g/mol. The summed E-state index contributed by atoms with van der Waals surface area (Å²) < 4.78 is 25.4. The molecule has 8 nitrogen and oxygen atoms in total. The normalized spacial score (nSPS) is 22.0. The number of carbonyl (C=O) groups excluding carboxylic acids is 1. The first-order chi connectivity index (χ1) is 15.3. The van der Waals surface area contributed by atoms with E-state index >= 15 is 0 Å². The second kappa shape index (κ2) is 9.72. The fourth-order valence-electron chi connectivity index (χ4n) is 4.61. The molecule has 32 heavy (non-hydrogen) atoms. The molecule has 1 amide bonds. The van der Waals surface area contributed by atoms with Crippen LogP contribution in [0.1, 0.15) is 35.7 Å². The number of aryl methyl sites for hydroxylation is 2. The largest absolute Gasteiger partial charge is 0.310 e. The van der Waals surface area contributed by atoms with Gasteiger partial charge >= 0.3 is 0 Å². The Balaban J connectivity index is 1.32. The Bertz CT molecular complexity index is 1070. The third kappa shape index (κ3) is 5.76. The maximum Gasteiger partial charge on any atom is 0.239 e. The molecule has 0 radical (unpaired) electrons. The lowest BCUT2D eigenvalue weighted by molar-refractivity contribution is -0.117. The monoisotopic (exact) mass is 459 g/mol. The van der Waals surface area contributed by atoms with E-state index in [0.29, 0.717) is 18.8 Å². The lowest BCUT2D eigenvalue weighted by atomic mass is 10.1. The minimum Gasteiger partial charge on any atom is -0.310 e. The fourth-order valence-corrected chi connectivity index (χ4v) is 6.30. The Morgan fingerprint density at radius 2 is 1.88 bits per heavy atom. The summed E-state index contributed by atoms with van der Waals surface area (Å²) in [7, 11) is -3.02. The van der Waals surface area contributed by atoms with Gasteiger partial charge in [0.25, 0.3) is 0 Å². The van der Waals surface area contributed by atoms with Gasteiger partial charge in [-0.05, 0) is 50.9 Å². The molecule has 2 saturated heterocycles. The summed E-state index contributed by atoms with van der Waals surface area (Å²) in [6, 6.07) is 10.1. The van der Waals surface area contributed by atoms with Gasteiger partial charge in [-0.3, -0.25) is 14.6 Å². The lowest BCUT2D eigenvalue weighted by Crippen LogP contribution is -2.36. The van der Waals surface area contributed by atoms with Crippen molar-refractivity contribution in [1.82, 2.24) is 19.6 Å². The number of nitrogens with zero attached hydrogens (tertiary/aromatic N) is 4. The van der Waals surface area contributed by atoms with Gasteiger partial charge in [0.05, 0.1) is 29.8 Å². The van der Waals surface area contributed by atoms with Crippen molar-refractivity contribution in [3.8, 4) is 0 Å². The molecule has 2 fully saturated rings. The topological polar surface area (TPSA) is 87.5 Å². The highest BCUT2D eigenvalue weighted by molar-refractivity contribution is 7.91. The molecule has 9 heteroatoms. The second-order valence-corrected chi connectivity index (χ2v) is 11.3. The second-order valence-electron chi connectivity index (χ2n) is 9.05. The number of aromatic nitrogens is 2. The van der Waals surface area contributed by atoms with Crippen LogP contribution < -0.4 is 5.32 Å². The molecule has 1 N–H and O–H groups in total. The lowest BCUT2D eigenvalue weighted by Gasteiger charge is -2.22. The molecule has 174 valence electrons. The molecule has 2 aliphatic heterocycles. The minimum atomic E-state index is -3.02. The van der Waals surface area contributed by atoms with Crippen molar-refractivity contribution in [2.45, 2.75) is 39.3 Å². The van der Waals surface area contributed by atoms with Gasteiger partial charge in [0.15, 0.2) is 9.84 Å². The zero-order valence-corrected chi connectivity index (χ0v) is 19.8. The molecule has 0 aliphatic carbocycles. The van der Waals surface area contributed by atoms with Crippen molar-refractivity contribution < 1.29 is 13.2 Å². The van der Waals surface area contributed by atoms with Crippen LogP contribution >= 0.6 is 0 Å². The smallest absolute Gasteiger partial charge is 0.239 e. The Labute approximate surface area is 190 Å². The minimum absolute atomic E-state index is 0.0832. The van der Waals surface area contributed by atoms with Gasteiger partial charge in [-0.15, -0.1) is 0 Å². The van der Waals surface area contributed by atoms with E-state index in [1.165, 1.54) is 11.1 Å². The summed E-state index contributed by atoms with van der Waals surface area (Å²) in [5, 5.41) is 7.42. The van der Waals surface area contributed by atoms with Crippen molar-refractivity contribution in [2.24, 2.45) is 0 Å². The Kier molecular flexibility index (Phi) is 6.97. The molecule has 1 atom stereocenters. The van der Waals surface area contributed by atoms with Crippen molar-refractivity contribution >= 4 is 21.6 Å². The summed E-state index contributed by atoms with van der Waals surface area (Å²) in [4.78, 5) is 17.4. The molecule has 3 heterocycles. The number of nitrogens with one attached hydrogen (secondary N) is 1. The van der Waals surface area contributed by atoms with Gasteiger partial charge in [0, 0.05) is 25.7 Å². The third-order valence-corrected chi connectivity index (χ3v) is 8.13. The summed E-state index contributed by atoms with van der Waals surface area (Å²) in [5.41, 5.74) is 3.44. The van der Waals surface area contributed by atoms with E-state index in [0.717, 1.165) is 44.8 Å². The third-order valence-electron chi connectivity index (χ3n) is 6.38. The van der Waals surface area contributed by atoms with Crippen molar-refractivity contribution in [3.63, 3.8) is 0 Å². The molecule has 2 aromatic rings. The highest BCUT2D eigenvalue weighted by atomic mass is 32.2. The zero-order chi connectivity index (χ0) is 22.7. The fraction of sp³-hybridized carbons (Fsp3) is 0.565. The van der Waals surface area contributed by atoms with Crippen LogP contribution in [0.2, 0.25) is 0 Å². The average molecular weight is 460 g/mol. The van der Waals surface area contributed by atoms with Crippen LogP contribution in [0, 0.1) is 13.8 Å². The Morgan fingerprint density at radius 1 is 1.12 bits per heavy atom. The number of benzene rings is 1. The van der Waals surface area contributed by atoms with Crippen LogP contribution in [-0.4, -0.2) is 78.1 Å². The first-order valence-electron chi connectivity index (χ1n) is 11.3. The van der Waals surface area contributed by atoms with Crippen LogP contribution in [0.5, 0.6) is 0 Å². The standard InChI is InChI=1S/C23H33N5O3S/c1-18-6-3-4-7-20(18)15-26-9-5-10-27(12-11-26)16-23(29)24-22-14-19(2)25-28(22)21-8-13-32(30,31)17-21/h3-4,6-7,14,21H,5,8-13,15-17H2,1-2H3,(H,24,29). The van der Waals surface area contributed by atoms with E-state index in [-0.39, 0.29) is 23.5 Å².